The molecule has 1 N–H and O–H groups in total. The molecule has 0 saturated carbocycles. The highest BCUT2D eigenvalue weighted by Gasteiger charge is 2.18. The molecule has 1 amide bonds. The molecule has 0 spiro atoms. The molecule has 0 atom stereocenters. The van der Waals surface area contributed by atoms with Gasteiger partial charge in [-0.25, -0.2) is 0 Å². The molecule has 0 radical (unpaired) electrons. The normalized spacial score (nSPS) is 10.5. The van der Waals surface area contributed by atoms with Crippen molar-refractivity contribution in [1.82, 2.24) is 10.5 Å². The number of rotatable bonds is 6. The van der Waals surface area contributed by atoms with E-state index in [0.717, 1.165) is 18.5 Å². The summed E-state index contributed by atoms with van der Waals surface area (Å²) >= 11 is 0. The standard InChI is InChI=1S/C16H20N2O2/c1-3-14-15(12(2)20-18-14)16(19)17-11-7-10-13-8-5-4-6-9-13/h4-6,8-9H,3,7,10-11H2,1-2H3,(H,17,19). The lowest BCUT2D eigenvalue weighted by Gasteiger charge is -2.05. The highest BCUT2D eigenvalue weighted by Crippen LogP contribution is 2.13. The number of benzene rings is 1. The van der Waals surface area contributed by atoms with Crippen LogP contribution in [0.15, 0.2) is 34.9 Å². The summed E-state index contributed by atoms with van der Waals surface area (Å²) in [6.07, 6.45) is 2.58. The van der Waals surface area contributed by atoms with Gasteiger partial charge in [0.2, 0.25) is 0 Å². The Kier molecular flexibility index (Phi) is 4.93. The maximum Gasteiger partial charge on any atom is 0.256 e. The Balaban J connectivity index is 1.82. The Morgan fingerprint density at radius 1 is 1.30 bits per heavy atom. The van der Waals surface area contributed by atoms with E-state index in [4.69, 9.17) is 4.52 Å². The van der Waals surface area contributed by atoms with Crippen molar-refractivity contribution in [3.63, 3.8) is 0 Å². The van der Waals surface area contributed by atoms with Crippen LogP contribution in [0.5, 0.6) is 0 Å². The van der Waals surface area contributed by atoms with E-state index < -0.39 is 0 Å². The number of carbonyl (C=O) groups is 1. The van der Waals surface area contributed by atoms with Crippen LogP contribution in [0, 0.1) is 6.92 Å². The van der Waals surface area contributed by atoms with E-state index in [2.05, 4.69) is 22.6 Å². The number of hydrogen-bond acceptors (Lipinski definition) is 3. The van der Waals surface area contributed by atoms with Crippen LogP contribution < -0.4 is 5.32 Å². The molecule has 4 heteroatoms. The summed E-state index contributed by atoms with van der Waals surface area (Å²) in [5.74, 6) is 0.496. The van der Waals surface area contributed by atoms with Gasteiger partial charge in [-0.05, 0) is 31.7 Å². The Morgan fingerprint density at radius 2 is 2.05 bits per heavy atom. The maximum absolute atomic E-state index is 12.1. The van der Waals surface area contributed by atoms with Crippen LogP contribution in [-0.2, 0) is 12.8 Å². The molecule has 0 aliphatic carbocycles. The SMILES string of the molecule is CCc1noc(C)c1C(=O)NCCCc1ccccc1. The van der Waals surface area contributed by atoms with Gasteiger partial charge in [-0.3, -0.25) is 4.79 Å². The van der Waals surface area contributed by atoms with Gasteiger partial charge < -0.3 is 9.84 Å². The molecule has 4 nitrogen and oxygen atoms in total. The first-order valence-electron chi connectivity index (χ1n) is 6.99. The number of amides is 1. The topological polar surface area (TPSA) is 55.1 Å². The van der Waals surface area contributed by atoms with Gasteiger partial charge in [0.15, 0.2) is 0 Å². The highest BCUT2D eigenvalue weighted by molar-refractivity contribution is 5.96. The lowest BCUT2D eigenvalue weighted by molar-refractivity contribution is 0.0951. The monoisotopic (exact) mass is 272 g/mol. The number of nitrogens with zero attached hydrogens (tertiary/aromatic N) is 1. The summed E-state index contributed by atoms with van der Waals surface area (Å²) in [6.45, 7) is 4.38. The smallest absolute Gasteiger partial charge is 0.256 e. The highest BCUT2D eigenvalue weighted by atomic mass is 16.5. The lowest BCUT2D eigenvalue weighted by atomic mass is 10.1. The third-order valence-electron chi connectivity index (χ3n) is 3.27. The van der Waals surface area contributed by atoms with Gasteiger partial charge in [0.1, 0.15) is 11.3 Å². The van der Waals surface area contributed by atoms with Crippen LogP contribution >= 0.6 is 0 Å². The van der Waals surface area contributed by atoms with Gasteiger partial charge in [0.05, 0.1) is 5.69 Å². The summed E-state index contributed by atoms with van der Waals surface area (Å²) in [4.78, 5) is 12.1. The molecule has 0 aliphatic heterocycles. The maximum atomic E-state index is 12.1. The van der Waals surface area contributed by atoms with Crippen LogP contribution in [0.3, 0.4) is 0 Å². The first kappa shape index (κ1) is 14.3. The molecule has 0 unspecified atom stereocenters. The molecule has 2 rings (SSSR count). The van der Waals surface area contributed by atoms with Crippen molar-refractivity contribution in [3.8, 4) is 0 Å². The second-order valence-electron chi connectivity index (χ2n) is 4.76. The predicted molar refractivity (Wildman–Crippen MR) is 77.7 cm³/mol. The Morgan fingerprint density at radius 3 is 2.75 bits per heavy atom. The molecule has 1 heterocycles. The lowest BCUT2D eigenvalue weighted by Crippen LogP contribution is -2.26. The predicted octanol–water partition coefficient (Wildman–Crippen LogP) is 2.91. The van der Waals surface area contributed by atoms with Crippen molar-refractivity contribution >= 4 is 5.91 Å². The molecule has 1 aromatic heterocycles. The summed E-state index contributed by atoms with van der Waals surface area (Å²) < 4.78 is 5.07. The number of hydrogen-bond donors (Lipinski definition) is 1. The van der Waals surface area contributed by atoms with Gasteiger partial charge >= 0.3 is 0 Å². The molecule has 0 aliphatic rings. The van der Waals surface area contributed by atoms with Gasteiger partial charge in [0.25, 0.3) is 5.91 Å². The molecule has 2 aromatic rings. The van der Waals surface area contributed by atoms with Crippen LogP contribution in [0.4, 0.5) is 0 Å². The average molecular weight is 272 g/mol. The van der Waals surface area contributed by atoms with E-state index >= 15 is 0 Å². The van der Waals surface area contributed by atoms with Gasteiger partial charge in [-0.2, -0.15) is 0 Å². The molecule has 0 saturated heterocycles. The van der Waals surface area contributed by atoms with E-state index in [1.807, 2.05) is 25.1 Å². The second kappa shape index (κ2) is 6.89. The van der Waals surface area contributed by atoms with Crippen LogP contribution in [0.1, 0.15) is 40.7 Å². The first-order chi connectivity index (χ1) is 9.72. The van der Waals surface area contributed by atoms with Crippen molar-refractivity contribution in [2.24, 2.45) is 0 Å². The van der Waals surface area contributed by atoms with E-state index in [1.54, 1.807) is 6.92 Å². The third-order valence-corrected chi connectivity index (χ3v) is 3.27. The molecular formula is C16H20N2O2. The number of nitrogens with one attached hydrogen (secondary N) is 1. The minimum atomic E-state index is -0.0892. The first-order valence-corrected chi connectivity index (χ1v) is 6.99. The Bertz CT molecular complexity index is 561. The summed E-state index contributed by atoms with van der Waals surface area (Å²) in [7, 11) is 0. The van der Waals surface area contributed by atoms with Crippen LogP contribution in [0.2, 0.25) is 0 Å². The Hall–Kier alpha value is -2.10. The van der Waals surface area contributed by atoms with Crippen molar-refractivity contribution in [2.75, 3.05) is 6.54 Å². The molecule has 1 aromatic carbocycles. The van der Waals surface area contributed by atoms with E-state index in [9.17, 15) is 4.79 Å². The average Bonchev–Trinajstić information content (AvgIpc) is 2.85. The van der Waals surface area contributed by atoms with Gasteiger partial charge in [-0.15, -0.1) is 0 Å². The zero-order valence-corrected chi connectivity index (χ0v) is 12.0. The minimum absolute atomic E-state index is 0.0892. The largest absolute Gasteiger partial charge is 0.361 e. The molecular weight excluding hydrogens is 252 g/mol. The summed E-state index contributed by atoms with van der Waals surface area (Å²) in [6, 6.07) is 10.3. The van der Waals surface area contributed by atoms with E-state index in [0.29, 0.717) is 24.3 Å². The molecule has 20 heavy (non-hydrogen) atoms. The van der Waals surface area contributed by atoms with Crippen LogP contribution in [0.25, 0.3) is 0 Å². The van der Waals surface area contributed by atoms with E-state index in [1.165, 1.54) is 5.56 Å². The summed E-state index contributed by atoms with van der Waals surface area (Å²) in [5, 5.41) is 6.83. The fourth-order valence-corrected chi connectivity index (χ4v) is 2.18. The van der Waals surface area contributed by atoms with Crippen molar-refractivity contribution < 1.29 is 9.32 Å². The third kappa shape index (κ3) is 3.47. The van der Waals surface area contributed by atoms with Gasteiger partial charge in [-0.1, -0.05) is 42.4 Å². The fraction of sp³-hybridized carbons (Fsp3) is 0.375. The Labute approximate surface area is 119 Å². The quantitative estimate of drug-likeness (QED) is 0.823. The van der Waals surface area contributed by atoms with Crippen molar-refractivity contribution in [2.45, 2.75) is 33.1 Å². The van der Waals surface area contributed by atoms with Crippen molar-refractivity contribution in [3.05, 3.63) is 52.9 Å². The number of aryl methyl sites for hydroxylation is 3. The summed E-state index contributed by atoms with van der Waals surface area (Å²) in [5.41, 5.74) is 2.60. The second-order valence-corrected chi connectivity index (χ2v) is 4.76. The number of aromatic nitrogens is 1. The van der Waals surface area contributed by atoms with Crippen LogP contribution in [-0.4, -0.2) is 17.6 Å². The molecule has 106 valence electrons. The minimum Gasteiger partial charge on any atom is -0.361 e. The molecule has 0 bridgehead atoms. The fourth-order valence-electron chi connectivity index (χ4n) is 2.18. The molecule has 0 fully saturated rings. The van der Waals surface area contributed by atoms with E-state index in [-0.39, 0.29) is 5.91 Å². The number of carbonyl (C=O) groups excluding carboxylic acids is 1. The zero-order valence-electron chi connectivity index (χ0n) is 12.0. The van der Waals surface area contributed by atoms with Crippen molar-refractivity contribution in [1.29, 1.82) is 0 Å². The van der Waals surface area contributed by atoms with Gasteiger partial charge in [0, 0.05) is 6.54 Å². The zero-order chi connectivity index (χ0) is 14.4.